The van der Waals surface area contributed by atoms with Crippen LogP contribution in [0.15, 0.2) is 61.2 Å². The van der Waals surface area contributed by atoms with Crippen LogP contribution in [0.3, 0.4) is 0 Å². The molecule has 4 aromatic rings. The minimum atomic E-state index is -2.60. The fraction of sp³-hybridized carbons (Fsp3) is 0.240. The van der Waals surface area contributed by atoms with Gasteiger partial charge in [0.1, 0.15) is 5.82 Å². The second kappa shape index (κ2) is 9.67. The quantitative estimate of drug-likeness (QED) is 0.466. The van der Waals surface area contributed by atoms with Crippen molar-refractivity contribution in [1.29, 1.82) is 0 Å². The van der Waals surface area contributed by atoms with E-state index in [1.165, 1.54) is 12.3 Å². The standard InChI is InChI=1S/C25H23F2N7O/c1-33-6-8-34(9-7-33)22-12-17(4-5-29-22)24(35)32-25-30-15-18-3-2-16(11-21(18)31-25)19-10-20(23(26)27)14-28-13-19/h2-5,10-15,23H,6-9H2,1H3,(H,30,31,32,35). The maximum atomic E-state index is 13.1. The van der Waals surface area contributed by atoms with Crippen molar-refractivity contribution in [3.05, 3.63) is 72.3 Å². The van der Waals surface area contributed by atoms with Gasteiger partial charge in [-0.1, -0.05) is 12.1 Å². The summed E-state index contributed by atoms with van der Waals surface area (Å²) in [7, 11) is 2.08. The maximum absolute atomic E-state index is 13.1. The van der Waals surface area contributed by atoms with Crippen molar-refractivity contribution in [2.45, 2.75) is 6.43 Å². The molecule has 1 amide bonds. The summed E-state index contributed by atoms with van der Waals surface area (Å²) in [5.41, 5.74) is 2.13. The molecule has 0 spiro atoms. The van der Waals surface area contributed by atoms with Gasteiger partial charge in [-0.15, -0.1) is 0 Å². The Morgan fingerprint density at radius 1 is 0.971 bits per heavy atom. The maximum Gasteiger partial charge on any atom is 0.265 e. The Bertz CT molecular complexity index is 1370. The average Bonchev–Trinajstić information content (AvgIpc) is 2.89. The van der Waals surface area contributed by atoms with Crippen molar-refractivity contribution >= 4 is 28.6 Å². The van der Waals surface area contributed by atoms with E-state index in [1.807, 2.05) is 0 Å². The minimum absolute atomic E-state index is 0.147. The van der Waals surface area contributed by atoms with E-state index in [9.17, 15) is 13.6 Å². The zero-order valence-electron chi connectivity index (χ0n) is 19.0. The molecule has 1 aromatic carbocycles. The van der Waals surface area contributed by atoms with Crippen molar-refractivity contribution in [3.8, 4) is 11.1 Å². The van der Waals surface area contributed by atoms with Gasteiger partial charge in [0.2, 0.25) is 5.95 Å². The van der Waals surface area contributed by atoms with Crippen LogP contribution in [0.2, 0.25) is 0 Å². The molecule has 8 nitrogen and oxygen atoms in total. The summed E-state index contributed by atoms with van der Waals surface area (Å²) >= 11 is 0. The van der Waals surface area contributed by atoms with Crippen molar-refractivity contribution in [2.75, 3.05) is 43.4 Å². The molecule has 1 fully saturated rings. The molecule has 10 heteroatoms. The molecule has 35 heavy (non-hydrogen) atoms. The lowest BCUT2D eigenvalue weighted by molar-refractivity contribution is 0.102. The number of amides is 1. The zero-order valence-corrected chi connectivity index (χ0v) is 19.0. The van der Waals surface area contributed by atoms with E-state index in [4.69, 9.17) is 0 Å². The molecular formula is C25H23F2N7O. The molecule has 0 unspecified atom stereocenters. The Hall–Kier alpha value is -4.05. The highest BCUT2D eigenvalue weighted by Crippen LogP contribution is 2.27. The first-order valence-corrected chi connectivity index (χ1v) is 11.2. The van der Waals surface area contributed by atoms with Crippen LogP contribution in [0.4, 0.5) is 20.5 Å². The number of aromatic nitrogens is 4. The summed E-state index contributed by atoms with van der Waals surface area (Å²) in [5.74, 6) is 0.568. The summed E-state index contributed by atoms with van der Waals surface area (Å²) in [5, 5.41) is 3.50. The van der Waals surface area contributed by atoms with E-state index >= 15 is 0 Å². The summed E-state index contributed by atoms with van der Waals surface area (Å²) in [6.45, 7) is 3.57. The van der Waals surface area contributed by atoms with Gasteiger partial charge in [0.05, 0.1) is 5.52 Å². The van der Waals surface area contributed by atoms with Crippen LogP contribution in [0.1, 0.15) is 22.3 Å². The SMILES string of the molecule is CN1CCN(c2cc(C(=O)Nc3ncc4ccc(-c5cncc(C(F)F)c5)cc4n3)ccn2)CC1. The molecule has 178 valence electrons. The van der Waals surface area contributed by atoms with Crippen LogP contribution in [0, 0.1) is 0 Å². The van der Waals surface area contributed by atoms with Gasteiger partial charge in [-0.05, 0) is 36.9 Å². The van der Waals surface area contributed by atoms with E-state index in [1.54, 1.807) is 42.7 Å². The lowest BCUT2D eigenvalue weighted by atomic mass is 10.0. The van der Waals surface area contributed by atoms with Gasteiger partial charge in [-0.3, -0.25) is 15.1 Å². The predicted octanol–water partition coefficient (Wildman–Crippen LogP) is 4.03. The number of fused-ring (bicyclic) bond motifs is 1. The van der Waals surface area contributed by atoms with Gasteiger partial charge >= 0.3 is 0 Å². The first-order chi connectivity index (χ1) is 17.0. The third kappa shape index (κ3) is 5.07. The highest BCUT2D eigenvalue weighted by Gasteiger charge is 2.17. The Morgan fingerprint density at radius 3 is 2.60 bits per heavy atom. The first-order valence-electron chi connectivity index (χ1n) is 11.2. The number of pyridine rings is 2. The second-order valence-corrected chi connectivity index (χ2v) is 8.42. The molecule has 5 rings (SSSR count). The number of hydrogen-bond donors (Lipinski definition) is 1. The number of benzene rings is 1. The third-order valence-corrected chi connectivity index (χ3v) is 5.99. The third-order valence-electron chi connectivity index (χ3n) is 5.99. The molecule has 1 aliphatic heterocycles. The second-order valence-electron chi connectivity index (χ2n) is 8.42. The monoisotopic (exact) mass is 475 g/mol. The highest BCUT2D eigenvalue weighted by molar-refractivity contribution is 6.04. The van der Waals surface area contributed by atoms with E-state index in [0.717, 1.165) is 43.6 Å². The van der Waals surface area contributed by atoms with Gasteiger partial charge in [0, 0.05) is 73.0 Å². The summed E-state index contributed by atoms with van der Waals surface area (Å²) < 4.78 is 26.1. The largest absolute Gasteiger partial charge is 0.354 e. The molecule has 0 bridgehead atoms. The lowest BCUT2D eigenvalue weighted by Crippen LogP contribution is -2.44. The minimum Gasteiger partial charge on any atom is -0.354 e. The molecule has 0 atom stereocenters. The summed E-state index contributed by atoms with van der Waals surface area (Å²) in [6, 6.07) is 10.2. The first kappa shape index (κ1) is 22.7. The molecule has 0 radical (unpaired) electrons. The fourth-order valence-corrected chi connectivity index (χ4v) is 3.94. The topological polar surface area (TPSA) is 87.1 Å². The van der Waals surface area contributed by atoms with Gasteiger partial charge < -0.3 is 9.80 Å². The molecule has 3 aromatic heterocycles. The molecule has 1 aliphatic rings. The van der Waals surface area contributed by atoms with E-state index < -0.39 is 6.43 Å². The normalized spacial score (nSPS) is 14.5. The Morgan fingerprint density at radius 2 is 1.80 bits per heavy atom. The Balaban J connectivity index is 1.36. The van der Waals surface area contributed by atoms with Crippen LogP contribution in [0.5, 0.6) is 0 Å². The number of halogens is 2. The number of piperazine rings is 1. The van der Waals surface area contributed by atoms with Gasteiger partial charge in [0.25, 0.3) is 12.3 Å². The van der Waals surface area contributed by atoms with E-state index in [2.05, 4.69) is 42.1 Å². The van der Waals surface area contributed by atoms with E-state index in [-0.39, 0.29) is 17.4 Å². The van der Waals surface area contributed by atoms with Gasteiger partial charge in [0.15, 0.2) is 0 Å². The Kier molecular flexibility index (Phi) is 6.28. The molecular weight excluding hydrogens is 452 g/mol. The van der Waals surface area contributed by atoms with Crippen LogP contribution < -0.4 is 10.2 Å². The van der Waals surface area contributed by atoms with Crippen LogP contribution in [-0.4, -0.2) is 64.0 Å². The number of carbonyl (C=O) groups excluding carboxylic acids is 1. The van der Waals surface area contributed by atoms with Gasteiger partial charge in [-0.25, -0.2) is 23.7 Å². The van der Waals surface area contributed by atoms with E-state index in [0.29, 0.717) is 22.2 Å². The van der Waals surface area contributed by atoms with Crippen LogP contribution in [0.25, 0.3) is 22.0 Å². The number of rotatable bonds is 5. The number of likely N-dealkylation sites (N-methyl/N-ethyl adjacent to an activating group) is 1. The number of alkyl halides is 2. The lowest BCUT2D eigenvalue weighted by Gasteiger charge is -2.33. The number of anilines is 2. The number of carbonyl (C=O) groups is 1. The molecule has 0 saturated carbocycles. The number of nitrogens with one attached hydrogen (secondary N) is 1. The average molecular weight is 476 g/mol. The summed E-state index contributed by atoms with van der Waals surface area (Å²) in [4.78, 5) is 34.4. The fourth-order valence-electron chi connectivity index (χ4n) is 3.94. The van der Waals surface area contributed by atoms with Crippen LogP contribution in [-0.2, 0) is 0 Å². The van der Waals surface area contributed by atoms with Crippen molar-refractivity contribution in [3.63, 3.8) is 0 Å². The van der Waals surface area contributed by atoms with Crippen molar-refractivity contribution < 1.29 is 13.6 Å². The van der Waals surface area contributed by atoms with Gasteiger partial charge in [-0.2, -0.15) is 0 Å². The number of nitrogens with zero attached hydrogens (tertiary/aromatic N) is 6. The molecule has 1 saturated heterocycles. The predicted molar refractivity (Wildman–Crippen MR) is 130 cm³/mol. The molecule has 0 aliphatic carbocycles. The highest BCUT2D eigenvalue weighted by atomic mass is 19.3. The zero-order chi connectivity index (χ0) is 24.4. The van der Waals surface area contributed by atoms with Crippen molar-refractivity contribution in [1.82, 2.24) is 24.8 Å². The smallest absolute Gasteiger partial charge is 0.265 e. The van der Waals surface area contributed by atoms with Crippen LogP contribution >= 0.6 is 0 Å². The number of hydrogen-bond acceptors (Lipinski definition) is 7. The summed E-state index contributed by atoms with van der Waals surface area (Å²) in [6.07, 6.45) is 3.31. The Labute approximate surface area is 200 Å². The van der Waals surface area contributed by atoms with Crippen molar-refractivity contribution in [2.24, 2.45) is 0 Å². The molecule has 4 heterocycles. The molecule has 1 N–H and O–H groups in total.